The topological polar surface area (TPSA) is 93.2 Å². The molecule has 0 radical (unpaired) electrons. The number of aromatic amines is 1. The van der Waals surface area contributed by atoms with E-state index in [9.17, 15) is 23.2 Å². The van der Waals surface area contributed by atoms with E-state index in [1.54, 1.807) is 24.3 Å². The molecule has 0 aliphatic carbocycles. The molecular formula is C18H15F2N3O4. The standard InChI is InChI=1S/C18H15F2N3O4/c19-17(20)27-12-5-3-4-11(10-12)21-15(24)8-9-23-14-7-2-1-6-13(14)16(25)22-18(23)26/h1-7,10,17H,8-9H2,(H,21,24)(H,22,25,26). The van der Waals surface area contributed by atoms with E-state index in [0.29, 0.717) is 10.9 Å². The Morgan fingerprint density at radius 3 is 2.70 bits per heavy atom. The molecule has 0 atom stereocenters. The Hall–Kier alpha value is -3.49. The lowest BCUT2D eigenvalue weighted by atomic mass is 10.2. The number of carbonyl (C=O) groups is 1. The quantitative estimate of drug-likeness (QED) is 0.692. The third kappa shape index (κ3) is 4.38. The Morgan fingerprint density at radius 1 is 1.15 bits per heavy atom. The number of ether oxygens (including phenoxy) is 1. The van der Waals surface area contributed by atoms with E-state index in [1.165, 1.54) is 28.8 Å². The molecule has 140 valence electrons. The van der Waals surface area contributed by atoms with Crippen LogP contribution in [0.5, 0.6) is 5.75 Å². The third-order valence-electron chi connectivity index (χ3n) is 3.81. The van der Waals surface area contributed by atoms with Gasteiger partial charge in [-0.05, 0) is 24.3 Å². The molecule has 0 fully saturated rings. The number of aryl methyl sites for hydroxylation is 1. The van der Waals surface area contributed by atoms with E-state index in [-0.39, 0.29) is 24.4 Å². The monoisotopic (exact) mass is 375 g/mol. The fourth-order valence-corrected chi connectivity index (χ4v) is 2.65. The van der Waals surface area contributed by atoms with Crippen LogP contribution >= 0.6 is 0 Å². The minimum absolute atomic E-state index is 0.0369. The normalized spacial score (nSPS) is 10.9. The zero-order valence-corrected chi connectivity index (χ0v) is 13.9. The summed E-state index contributed by atoms with van der Waals surface area (Å²) in [6, 6.07) is 12.2. The average Bonchev–Trinajstić information content (AvgIpc) is 2.61. The highest BCUT2D eigenvalue weighted by Gasteiger charge is 2.10. The van der Waals surface area contributed by atoms with Gasteiger partial charge >= 0.3 is 12.3 Å². The largest absolute Gasteiger partial charge is 0.435 e. The van der Waals surface area contributed by atoms with E-state index in [1.807, 2.05) is 0 Å². The molecule has 0 bridgehead atoms. The summed E-state index contributed by atoms with van der Waals surface area (Å²) in [4.78, 5) is 38.2. The second kappa shape index (κ2) is 7.81. The van der Waals surface area contributed by atoms with Crippen LogP contribution in [0.3, 0.4) is 0 Å². The Kier molecular flexibility index (Phi) is 5.30. The zero-order chi connectivity index (χ0) is 19.4. The van der Waals surface area contributed by atoms with E-state index >= 15 is 0 Å². The summed E-state index contributed by atoms with van der Waals surface area (Å²) >= 11 is 0. The number of amides is 1. The Morgan fingerprint density at radius 2 is 1.93 bits per heavy atom. The molecular weight excluding hydrogens is 360 g/mol. The van der Waals surface area contributed by atoms with Crippen LogP contribution in [-0.4, -0.2) is 22.1 Å². The summed E-state index contributed by atoms with van der Waals surface area (Å²) in [6.07, 6.45) is -0.0596. The average molecular weight is 375 g/mol. The van der Waals surface area contributed by atoms with Gasteiger partial charge in [0.2, 0.25) is 5.91 Å². The van der Waals surface area contributed by atoms with Crippen LogP contribution in [0.2, 0.25) is 0 Å². The number of fused-ring (bicyclic) bond motifs is 1. The van der Waals surface area contributed by atoms with Crippen LogP contribution < -0.4 is 21.3 Å². The summed E-state index contributed by atoms with van der Waals surface area (Å²) in [6.45, 7) is -2.92. The second-order valence-corrected chi connectivity index (χ2v) is 5.63. The van der Waals surface area contributed by atoms with Gasteiger partial charge in [0.15, 0.2) is 0 Å². The van der Waals surface area contributed by atoms with Crippen molar-refractivity contribution >= 4 is 22.5 Å². The lowest BCUT2D eigenvalue weighted by molar-refractivity contribution is -0.116. The van der Waals surface area contributed by atoms with Crippen LogP contribution in [0.1, 0.15) is 6.42 Å². The lowest BCUT2D eigenvalue weighted by Crippen LogP contribution is -2.31. The highest BCUT2D eigenvalue weighted by molar-refractivity contribution is 5.91. The molecule has 27 heavy (non-hydrogen) atoms. The highest BCUT2D eigenvalue weighted by atomic mass is 19.3. The molecule has 1 amide bonds. The molecule has 2 aromatic carbocycles. The molecule has 1 aromatic heterocycles. The molecule has 9 heteroatoms. The summed E-state index contributed by atoms with van der Waals surface area (Å²) in [5.74, 6) is -0.503. The third-order valence-corrected chi connectivity index (χ3v) is 3.81. The molecule has 0 saturated carbocycles. The molecule has 0 saturated heterocycles. The Balaban J connectivity index is 1.73. The van der Waals surface area contributed by atoms with Gasteiger partial charge in [-0.25, -0.2) is 4.79 Å². The van der Waals surface area contributed by atoms with Crippen LogP contribution in [0.25, 0.3) is 10.9 Å². The number of aromatic nitrogens is 2. The van der Waals surface area contributed by atoms with Crippen molar-refractivity contribution in [1.29, 1.82) is 0 Å². The van der Waals surface area contributed by atoms with Crippen molar-refractivity contribution < 1.29 is 18.3 Å². The summed E-state index contributed by atoms with van der Waals surface area (Å²) in [5, 5.41) is 2.90. The molecule has 7 nitrogen and oxygen atoms in total. The molecule has 0 aliphatic rings. The molecule has 3 rings (SSSR count). The minimum atomic E-state index is -2.96. The van der Waals surface area contributed by atoms with Crippen molar-refractivity contribution in [2.75, 3.05) is 5.32 Å². The fraction of sp³-hybridized carbons (Fsp3) is 0.167. The van der Waals surface area contributed by atoms with Crippen molar-refractivity contribution in [3.05, 3.63) is 69.4 Å². The molecule has 0 spiro atoms. The number of rotatable bonds is 6. The summed E-state index contributed by atoms with van der Waals surface area (Å²) < 4.78 is 30.1. The van der Waals surface area contributed by atoms with Gasteiger partial charge in [0.05, 0.1) is 10.9 Å². The van der Waals surface area contributed by atoms with Crippen LogP contribution in [-0.2, 0) is 11.3 Å². The molecule has 2 N–H and O–H groups in total. The number of para-hydroxylation sites is 1. The van der Waals surface area contributed by atoms with Gasteiger partial charge in [-0.1, -0.05) is 18.2 Å². The van der Waals surface area contributed by atoms with Gasteiger partial charge in [0.1, 0.15) is 5.75 Å². The molecule has 0 aliphatic heterocycles. The summed E-state index contributed by atoms with van der Waals surface area (Å²) in [7, 11) is 0. The SMILES string of the molecule is O=C(CCn1c(=O)[nH]c(=O)c2ccccc21)Nc1cccc(OC(F)F)c1. The number of nitrogens with one attached hydrogen (secondary N) is 2. The zero-order valence-electron chi connectivity index (χ0n) is 13.9. The predicted molar refractivity (Wildman–Crippen MR) is 95.1 cm³/mol. The molecule has 1 heterocycles. The molecule has 0 unspecified atom stereocenters. The van der Waals surface area contributed by atoms with Crippen molar-refractivity contribution in [1.82, 2.24) is 9.55 Å². The maximum absolute atomic E-state index is 12.2. The van der Waals surface area contributed by atoms with Gasteiger partial charge in [0.25, 0.3) is 5.56 Å². The van der Waals surface area contributed by atoms with Crippen molar-refractivity contribution in [2.45, 2.75) is 19.6 Å². The van der Waals surface area contributed by atoms with E-state index < -0.39 is 23.8 Å². The van der Waals surface area contributed by atoms with Gasteiger partial charge < -0.3 is 10.1 Å². The first-order valence-electron chi connectivity index (χ1n) is 8.00. The Bertz CT molecular complexity index is 1090. The first-order valence-corrected chi connectivity index (χ1v) is 8.00. The maximum Gasteiger partial charge on any atom is 0.387 e. The second-order valence-electron chi connectivity index (χ2n) is 5.63. The fourth-order valence-electron chi connectivity index (χ4n) is 2.65. The van der Waals surface area contributed by atoms with Crippen molar-refractivity contribution in [3.63, 3.8) is 0 Å². The Labute approximate surface area is 151 Å². The smallest absolute Gasteiger partial charge is 0.387 e. The first-order chi connectivity index (χ1) is 12.9. The van der Waals surface area contributed by atoms with E-state index in [2.05, 4.69) is 15.0 Å². The van der Waals surface area contributed by atoms with Gasteiger partial charge in [0, 0.05) is 24.7 Å². The number of alkyl halides is 2. The number of H-pyrrole nitrogens is 1. The van der Waals surface area contributed by atoms with Crippen LogP contribution in [0.15, 0.2) is 58.1 Å². The number of carbonyl (C=O) groups excluding carboxylic acids is 1. The number of benzene rings is 2. The van der Waals surface area contributed by atoms with Gasteiger partial charge in [-0.3, -0.25) is 19.1 Å². The van der Waals surface area contributed by atoms with E-state index in [4.69, 9.17) is 0 Å². The van der Waals surface area contributed by atoms with Gasteiger partial charge in [-0.2, -0.15) is 8.78 Å². The predicted octanol–water partition coefficient (Wildman–Crippen LogP) is 2.32. The van der Waals surface area contributed by atoms with Crippen molar-refractivity contribution in [2.24, 2.45) is 0 Å². The minimum Gasteiger partial charge on any atom is -0.435 e. The maximum atomic E-state index is 12.2. The first kappa shape index (κ1) is 18.3. The number of hydrogen-bond acceptors (Lipinski definition) is 4. The number of halogens is 2. The highest BCUT2D eigenvalue weighted by Crippen LogP contribution is 2.19. The number of hydrogen-bond donors (Lipinski definition) is 2. The van der Waals surface area contributed by atoms with Crippen LogP contribution in [0.4, 0.5) is 14.5 Å². The van der Waals surface area contributed by atoms with Gasteiger partial charge in [-0.15, -0.1) is 0 Å². The summed E-state index contributed by atoms with van der Waals surface area (Å²) in [5.41, 5.74) is -0.394. The molecule has 3 aromatic rings. The number of nitrogens with zero attached hydrogens (tertiary/aromatic N) is 1. The van der Waals surface area contributed by atoms with Crippen molar-refractivity contribution in [3.8, 4) is 5.75 Å². The van der Waals surface area contributed by atoms with Crippen LogP contribution in [0, 0.1) is 0 Å². The number of anilines is 1. The lowest BCUT2D eigenvalue weighted by Gasteiger charge is -2.10. The van der Waals surface area contributed by atoms with E-state index in [0.717, 1.165) is 0 Å².